The summed E-state index contributed by atoms with van der Waals surface area (Å²) < 4.78 is 5.60. The maximum absolute atomic E-state index is 7.26. The fourth-order valence-electron chi connectivity index (χ4n) is 1.33. The molecule has 0 radical (unpaired) electrons. The second kappa shape index (κ2) is 5.92. The van der Waals surface area contributed by atoms with Gasteiger partial charge in [-0.1, -0.05) is 18.2 Å². The molecule has 0 saturated heterocycles. The zero-order chi connectivity index (χ0) is 11.4. The van der Waals surface area contributed by atoms with Crippen molar-refractivity contribution in [3.8, 4) is 11.5 Å². The fraction of sp³-hybridized carbons (Fsp3) is 0. The number of nitrogens with one attached hydrogen (secondary N) is 1. The van der Waals surface area contributed by atoms with Crippen LogP contribution in [0.3, 0.4) is 0 Å². The van der Waals surface area contributed by atoms with Crippen LogP contribution in [0.5, 0.6) is 11.5 Å². The molecule has 3 nitrogen and oxygen atoms in total. The van der Waals surface area contributed by atoms with Crippen LogP contribution in [0.25, 0.3) is 0 Å². The van der Waals surface area contributed by atoms with Gasteiger partial charge in [0.15, 0.2) is 0 Å². The molecule has 88 valence electrons. The average molecular weight is 249 g/mol. The summed E-state index contributed by atoms with van der Waals surface area (Å²) in [5, 5.41) is 7.26. The predicted octanol–water partition coefficient (Wildman–Crippen LogP) is 3.18. The summed E-state index contributed by atoms with van der Waals surface area (Å²) in [6.45, 7) is 0. The van der Waals surface area contributed by atoms with E-state index in [1.807, 2.05) is 30.3 Å². The number of rotatable bonds is 3. The van der Waals surface area contributed by atoms with Crippen molar-refractivity contribution in [2.45, 2.75) is 0 Å². The number of halogens is 1. The lowest BCUT2D eigenvalue weighted by atomic mass is 10.2. The highest BCUT2D eigenvalue weighted by Gasteiger charge is 1.98. The van der Waals surface area contributed by atoms with E-state index in [9.17, 15) is 0 Å². The van der Waals surface area contributed by atoms with Gasteiger partial charge in [0.25, 0.3) is 0 Å². The highest BCUT2D eigenvalue weighted by atomic mass is 35.5. The van der Waals surface area contributed by atoms with Crippen molar-refractivity contribution in [1.82, 2.24) is 0 Å². The molecule has 17 heavy (non-hydrogen) atoms. The quantitative estimate of drug-likeness (QED) is 0.647. The Morgan fingerprint density at radius 3 is 1.94 bits per heavy atom. The molecule has 0 heterocycles. The molecule has 0 aromatic heterocycles. The van der Waals surface area contributed by atoms with Crippen molar-refractivity contribution in [2.75, 3.05) is 0 Å². The van der Waals surface area contributed by atoms with Crippen LogP contribution in [-0.2, 0) is 0 Å². The number of hydrogen-bond donors (Lipinski definition) is 2. The van der Waals surface area contributed by atoms with Crippen molar-refractivity contribution in [1.29, 1.82) is 5.41 Å². The molecule has 0 atom stereocenters. The van der Waals surface area contributed by atoms with E-state index in [1.165, 1.54) is 0 Å². The summed E-state index contributed by atoms with van der Waals surface area (Å²) in [4.78, 5) is 0. The molecule has 0 bridgehead atoms. The fourth-order valence-corrected chi connectivity index (χ4v) is 1.33. The monoisotopic (exact) mass is 248 g/mol. The van der Waals surface area contributed by atoms with E-state index in [4.69, 9.17) is 15.9 Å². The van der Waals surface area contributed by atoms with Crippen molar-refractivity contribution in [2.24, 2.45) is 5.73 Å². The first kappa shape index (κ1) is 13.1. The van der Waals surface area contributed by atoms with E-state index < -0.39 is 0 Å². The zero-order valence-electron chi connectivity index (χ0n) is 9.09. The van der Waals surface area contributed by atoms with Gasteiger partial charge >= 0.3 is 0 Å². The summed E-state index contributed by atoms with van der Waals surface area (Å²) in [5.41, 5.74) is 6.05. The van der Waals surface area contributed by atoms with Gasteiger partial charge in [-0.25, -0.2) is 0 Å². The summed E-state index contributed by atoms with van der Waals surface area (Å²) in [7, 11) is 0. The molecule has 2 rings (SSSR count). The van der Waals surface area contributed by atoms with Crippen molar-refractivity contribution in [3.05, 3.63) is 60.2 Å². The summed E-state index contributed by atoms with van der Waals surface area (Å²) in [5.74, 6) is 1.58. The van der Waals surface area contributed by atoms with Crippen molar-refractivity contribution in [3.63, 3.8) is 0 Å². The lowest BCUT2D eigenvalue weighted by Crippen LogP contribution is -2.10. The largest absolute Gasteiger partial charge is 0.457 e. The van der Waals surface area contributed by atoms with Gasteiger partial charge in [-0.3, -0.25) is 5.41 Å². The molecule has 0 spiro atoms. The van der Waals surface area contributed by atoms with Crippen LogP contribution in [0.2, 0.25) is 0 Å². The normalized spacial score (nSPS) is 9.18. The second-order valence-electron chi connectivity index (χ2n) is 3.35. The van der Waals surface area contributed by atoms with Crippen molar-refractivity contribution < 1.29 is 4.74 Å². The first-order valence-electron chi connectivity index (χ1n) is 4.93. The molecule has 3 N–H and O–H groups in total. The second-order valence-corrected chi connectivity index (χ2v) is 3.35. The Labute approximate surface area is 106 Å². The molecule has 0 unspecified atom stereocenters. The highest BCUT2D eigenvalue weighted by molar-refractivity contribution is 5.94. The minimum Gasteiger partial charge on any atom is -0.457 e. The SMILES string of the molecule is Cl.N=C(N)c1ccc(Oc2ccccc2)cc1. The first-order chi connectivity index (χ1) is 7.75. The van der Waals surface area contributed by atoms with Gasteiger partial charge in [0.2, 0.25) is 0 Å². The number of para-hydroxylation sites is 1. The van der Waals surface area contributed by atoms with Gasteiger partial charge in [-0.15, -0.1) is 12.4 Å². The van der Waals surface area contributed by atoms with Gasteiger partial charge in [-0.2, -0.15) is 0 Å². The third-order valence-electron chi connectivity index (χ3n) is 2.14. The molecule has 0 aliphatic heterocycles. The zero-order valence-corrected chi connectivity index (χ0v) is 9.91. The van der Waals surface area contributed by atoms with E-state index >= 15 is 0 Å². The maximum atomic E-state index is 7.26. The number of nitrogen functional groups attached to an aromatic ring is 1. The molecular weight excluding hydrogens is 236 g/mol. The van der Waals surface area contributed by atoms with Gasteiger partial charge < -0.3 is 10.5 Å². The molecular formula is C13H13ClN2O. The molecule has 0 amide bonds. The molecule has 0 aliphatic rings. The predicted molar refractivity (Wildman–Crippen MR) is 71.2 cm³/mol. The molecule has 2 aromatic carbocycles. The van der Waals surface area contributed by atoms with E-state index in [0.29, 0.717) is 5.56 Å². The number of benzene rings is 2. The van der Waals surface area contributed by atoms with E-state index in [0.717, 1.165) is 11.5 Å². The van der Waals surface area contributed by atoms with Crippen LogP contribution in [0.4, 0.5) is 0 Å². The van der Waals surface area contributed by atoms with Crippen LogP contribution >= 0.6 is 12.4 Å². The van der Waals surface area contributed by atoms with Crippen LogP contribution in [0.1, 0.15) is 5.56 Å². The number of amidine groups is 1. The molecule has 2 aromatic rings. The Bertz CT molecular complexity index is 483. The Balaban J connectivity index is 0.00000144. The standard InChI is InChI=1S/C13H12N2O.ClH/c14-13(15)10-6-8-12(9-7-10)16-11-4-2-1-3-5-11;/h1-9H,(H3,14,15);1H. The van der Waals surface area contributed by atoms with Gasteiger partial charge in [0, 0.05) is 5.56 Å². The summed E-state index contributed by atoms with van der Waals surface area (Å²) in [6.07, 6.45) is 0. The van der Waals surface area contributed by atoms with Crippen LogP contribution in [-0.4, -0.2) is 5.84 Å². The number of hydrogen-bond acceptors (Lipinski definition) is 2. The van der Waals surface area contributed by atoms with Crippen LogP contribution in [0.15, 0.2) is 54.6 Å². The number of nitrogens with two attached hydrogens (primary N) is 1. The average Bonchev–Trinajstić information content (AvgIpc) is 2.31. The minimum absolute atomic E-state index is 0. The Hall–Kier alpha value is -2.00. The van der Waals surface area contributed by atoms with Crippen LogP contribution in [0, 0.1) is 5.41 Å². The Morgan fingerprint density at radius 2 is 1.41 bits per heavy atom. The topological polar surface area (TPSA) is 59.1 Å². The first-order valence-corrected chi connectivity index (χ1v) is 4.93. The maximum Gasteiger partial charge on any atom is 0.127 e. The Morgan fingerprint density at radius 1 is 0.882 bits per heavy atom. The molecule has 4 heteroatoms. The van der Waals surface area contributed by atoms with Crippen molar-refractivity contribution >= 4 is 18.2 Å². The lowest BCUT2D eigenvalue weighted by molar-refractivity contribution is 0.482. The van der Waals surface area contributed by atoms with E-state index in [1.54, 1.807) is 24.3 Å². The van der Waals surface area contributed by atoms with Crippen LogP contribution < -0.4 is 10.5 Å². The van der Waals surface area contributed by atoms with Gasteiger partial charge in [0.05, 0.1) is 0 Å². The molecule has 0 fully saturated rings. The third-order valence-corrected chi connectivity index (χ3v) is 2.14. The van der Waals surface area contributed by atoms with E-state index in [-0.39, 0.29) is 18.2 Å². The third kappa shape index (κ3) is 3.50. The summed E-state index contributed by atoms with van der Waals surface area (Å²) in [6, 6.07) is 16.7. The molecule has 0 saturated carbocycles. The minimum atomic E-state index is 0. The smallest absolute Gasteiger partial charge is 0.127 e. The lowest BCUT2D eigenvalue weighted by Gasteiger charge is -2.05. The molecule has 0 aliphatic carbocycles. The van der Waals surface area contributed by atoms with E-state index in [2.05, 4.69) is 0 Å². The Kier molecular flexibility index (Phi) is 4.55. The van der Waals surface area contributed by atoms with Gasteiger partial charge in [0.1, 0.15) is 17.3 Å². The number of ether oxygens (including phenoxy) is 1. The summed E-state index contributed by atoms with van der Waals surface area (Å²) >= 11 is 0. The van der Waals surface area contributed by atoms with Gasteiger partial charge in [-0.05, 0) is 36.4 Å². The highest BCUT2D eigenvalue weighted by Crippen LogP contribution is 2.20.